The van der Waals surface area contributed by atoms with Crippen LogP contribution < -0.4 is 4.74 Å². The van der Waals surface area contributed by atoms with Crippen molar-refractivity contribution in [1.82, 2.24) is 14.6 Å². The van der Waals surface area contributed by atoms with Crippen LogP contribution in [0.3, 0.4) is 0 Å². The highest BCUT2D eigenvalue weighted by molar-refractivity contribution is 7.16. The highest BCUT2D eigenvalue weighted by Gasteiger charge is 2.38. The summed E-state index contributed by atoms with van der Waals surface area (Å²) >= 11 is 1.65. The summed E-state index contributed by atoms with van der Waals surface area (Å²) in [4.78, 5) is 5.74. The number of ether oxygens (including phenoxy) is 1. The van der Waals surface area contributed by atoms with Crippen molar-refractivity contribution in [3.05, 3.63) is 35.0 Å². The number of hydrogen-bond acceptors (Lipinski definition) is 4. The molecule has 0 saturated carbocycles. The molecule has 0 unspecified atom stereocenters. The number of aryl methyl sites for hydroxylation is 1. The highest BCUT2D eigenvalue weighted by Crippen LogP contribution is 2.45. The Kier molecular flexibility index (Phi) is 2.27. The predicted molar refractivity (Wildman–Crippen MR) is 79.3 cm³/mol. The van der Waals surface area contributed by atoms with Gasteiger partial charge in [0, 0.05) is 5.56 Å². The fourth-order valence-electron chi connectivity index (χ4n) is 2.73. The van der Waals surface area contributed by atoms with Crippen LogP contribution in [0.2, 0.25) is 0 Å². The molecule has 20 heavy (non-hydrogen) atoms. The van der Waals surface area contributed by atoms with E-state index in [2.05, 4.69) is 31.9 Å². The normalized spacial score (nSPS) is 15.8. The van der Waals surface area contributed by atoms with Gasteiger partial charge in [-0.15, -0.1) is 0 Å². The molecule has 102 valence electrons. The van der Waals surface area contributed by atoms with Gasteiger partial charge >= 0.3 is 0 Å². The van der Waals surface area contributed by atoms with E-state index in [0.717, 1.165) is 39.1 Å². The number of benzene rings is 1. The lowest BCUT2D eigenvalue weighted by atomic mass is 9.95. The zero-order valence-electron chi connectivity index (χ0n) is 11.7. The fraction of sp³-hybridized carbons (Fsp3) is 0.333. The van der Waals surface area contributed by atoms with Crippen LogP contribution >= 0.6 is 11.3 Å². The Hall–Kier alpha value is -1.88. The van der Waals surface area contributed by atoms with Crippen LogP contribution in [0.1, 0.15) is 31.5 Å². The van der Waals surface area contributed by atoms with Crippen molar-refractivity contribution < 1.29 is 4.74 Å². The summed E-state index contributed by atoms with van der Waals surface area (Å²) in [6, 6.07) is 8.06. The Morgan fingerprint density at radius 1 is 1.30 bits per heavy atom. The van der Waals surface area contributed by atoms with Crippen LogP contribution in [0.5, 0.6) is 5.75 Å². The second kappa shape index (κ2) is 3.82. The molecule has 1 aliphatic rings. The molecule has 0 fully saturated rings. The van der Waals surface area contributed by atoms with Gasteiger partial charge in [-0.1, -0.05) is 30.4 Å². The Balaban J connectivity index is 2.08. The highest BCUT2D eigenvalue weighted by atomic mass is 32.1. The average Bonchev–Trinajstić information content (AvgIpc) is 2.94. The van der Waals surface area contributed by atoms with E-state index in [1.807, 2.05) is 22.7 Å². The smallest absolute Gasteiger partial charge is 0.213 e. The molecule has 3 heterocycles. The molecule has 4 nitrogen and oxygen atoms in total. The first-order chi connectivity index (χ1) is 9.60. The molecule has 5 heteroatoms. The van der Waals surface area contributed by atoms with Crippen LogP contribution in [0.25, 0.3) is 16.2 Å². The lowest BCUT2D eigenvalue weighted by Crippen LogP contribution is -2.31. The maximum absolute atomic E-state index is 6.16. The van der Waals surface area contributed by atoms with Gasteiger partial charge in [-0.25, -0.2) is 9.50 Å². The number of aromatic nitrogens is 3. The molecule has 0 saturated heterocycles. The first-order valence-electron chi connectivity index (χ1n) is 6.77. The quantitative estimate of drug-likeness (QED) is 0.685. The van der Waals surface area contributed by atoms with Crippen molar-refractivity contribution in [1.29, 1.82) is 0 Å². The standard InChI is InChI=1S/C15H15N3OS/c1-4-11-17-18-13-12(16-14(18)20-11)9-7-5-6-8-10(9)19-15(13,2)3/h5-8H,4H2,1-3H3. The van der Waals surface area contributed by atoms with E-state index >= 15 is 0 Å². The minimum Gasteiger partial charge on any atom is -0.481 e. The van der Waals surface area contributed by atoms with E-state index in [4.69, 9.17) is 9.72 Å². The van der Waals surface area contributed by atoms with Crippen LogP contribution in [0.15, 0.2) is 24.3 Å². The zero-order chi connectivity index (χ0) is 13.9. The predicted octanol–water partition coefficient (Wildman–Crippen LogP) is 3.65. The molecular formula is C15H15N3OS. The first kappa shape index (κ1) is 11.9. The van der Waals surface area contributed by atoms with Gasteiger partial charge < -0.3 is 4.74 Å². The molecule has 0 N–H and O–H groups in total. The summed E-state index contributed by atoms with van der Waals surface area (Å²) < 4.78 is 8.11. The third-order valence-electron chi connectivity index (χ3n) is 3.63. The molecule has 0 spiro atoms. The molecule has 3 aromatic rings. The van der Waals surface area contributed by atoms with E-state index in [1.54, 1.807) is 11.3 Å². The molecule has 0 amide bonds. The molecule has 4 rings (SSSR count). The summed E-state index contributed by atoms with van der Waals surface area (Å²) in [5.74, 6) is 0.895. The molecular weight excluding hydrogens is 270 g/mol. The first-order valence-corrected chi connectivity index (χ1v) is 7.59. The van der Waals surface area contributed by atoms with Crippen molar-refractivity contribution in [3.63, 3.8) is 0 Å². The molecule has 0 aliphatic carbocycles. The summed E-state index contributed by atoms with van der Waals surface area (Å²) in [6.07, 6.45) is 0.931. The zero-order valence-corrected chi connectivity index (χ0v) is 12.5. The second-order valence-corrected chi connectivity index (χ2v) is 6.50. The third-order valence-corrected chi connectivity index (χ3v) is 4.68. The van der Waals surface area contributed by atoms with Gasteiger partial charge in [0.1, 0.15) is 27.7 Å². The van der Waals surface area contributed by atoms with Crippen LogP contribution in [-0.4, -0.2) is 14.6 Å². The summed E-state index contributed by atoms with van der Waals surface area (Å²) in [5, 5.41) is 5.77. The number of fused-ring (bicyclic) bond motifs is 5. The minimum absolute atomic E-state index is 0.428. The van der Waals surface area contributed by atoms with Crippen molar-refractivity contribution in [2.24, 2.45) is 0 Å². The number of rotatable bonds is 1. The van der Waals surface area contributed by atoms with E-state index in [1.165, 1.54) is 0 Å². The lowest BCUT2D eigenvalue weighted by Gasteiger charge is -2.31. The van der Waals surface area contributed by atoms with Crippen molar-refractivity contribution in [2.75, 3.05) is 0 Å². The van der Waals surface area contributed by atoms with Crippen molar-refractivity contribution in [3.8, 4) is 17.0 Å². The number of imidazole rings is 1. The van der Waals surface area contributed by atoms with Gasteiger partial charge in [-0.2, -0.15) is 5.10 Å². The largest absolute Gasteiger partial charge is 0.481 e. The Morgan fingerprint density at radius 2 is 2.10 bits per heavy atom. The molecule has 2 aromatic heterocycles. The monoisotopic (exact) mass is 285 g/mol. The summed E-state index contributed by atoms with van der Waals surface area (Å²) in [6.45, 7) is 6.25. The second-order valence-electron chi connectivity index (χ2n) is 5.46. The topological polar surface area (TPSA) is 39.4 Å². The Bertz CT molecular complexity index is 816. The number of nitrogens with zero attached hydrogens (tertiary/aromatic N) is 3. The summed E-state index contributed by atoms with van der Waals surface area (Å²) in [5.41, 5.74) is 2.67. The SMILES string of the molecule is CCc1nn2c3c(nc2s1)-c1ccccc1OC3(C)C. The van der Waals surface area contributed by atoms with Crippen LogP contribution in [0, 0.1) is 0 Å². The lowest BCUT2D eigenvalue weighted by molar-refractivity contribution is 0.0984. The maximum Gasteiger partial charge on any atom is 0.213 e. The van der Waals surface area contributed by atoms with Crippen LogP contribution in [0.4, 0.5) is 0 Å². The van der Waals surface area contributed by atoms with Gasteiger partial charge in [-0.3, -0.25) is 0 Å². The number of hydrogen-bond donors (Lipinski definition) is 0. The van der Waals surface area contributed by atoms with E-state index in [-0.39, 0.29) is 0 Å². The molecule has 1 aliphatic heterocycles. The average molecular weight is 285 g/mol. The summed E-state index contributed by atoms with van der Waals surface area (Å²) in [7, 11) is 0. The van der Waals surface area contributed by atoms with Crippen LogP contribution in [-0.2, 0) is 12.0 Å². The molecule has 1 aromatic carbocycles. The van der Waals surface area contributed by atoms with Crippen molar-refractivity contribution >= 4 is 16.3 Å². The Labute approximate surface area is 121 Å². The fourth-order valence-corrected chi connectivity index (χ4v) is 3.57. The van der Waals surface area contributed by atoms with Crippen molar-refractivity contribution in [2.45, 2.75) is 32.8 Å². The van der Waals surface area contributed by atoms with Gasteiger partial charge in [0.05, 0.1) is 0 Å². The van der Waals surface area contributed by atoms with Gasteiger partial charge in [0.2, 0.25) is 4.96 Å². The van der Waals surface area contributed by atoms with Gasteiger partial charge in [0.25, 0.3) is 0 Å². The maximum atomic E-state index is 6.16. The van der Waals surface area contributed by atoms with Gasteiger partial charge in [0.15, 0.2) is 0 Å². The Morgan fingerprint density at radius 3 is 2.90 bits per heavy atom. The number of para-hydroxylation sites is 1. The third kappa shape index (κ3) is 1.47. The molecule has 0 bridgehead atoms. The van der Waals surface area contributed by atoms with E-state index < -0.39 is 5.60 Å². The van der Waals surface area contributed by atoms with E-state index in [9.17, 15) is 0 Å². The minimum atomic E-state index is -0.428. The van der Waals surface area contributed by atoms with Gasteiger partial charge in [-0.05, 0) is 32.4 Å². The molecule has 0 radical (unpaired) electrons. The molecule has 0 atom stereocenters. The van der Waals surface area contributed by atoms with E-state index in [0.29, 0.717) is 0 Å².